The number of hydrogen-bond donors (Lipinski definition) is 4. The van der Waals surface area contributed by atoms with Crippen LogP contribution in [0.2, 0.25) is 10.0 Å². The number of nitrogens with one attached hydrogen (secondary N) is 2. The summed E-state index contributed by atoms with van der Waals surface area (Å²) in [6.07, 6.45) is 0.164. The molecule has 1 fully saturated rings. The van der Waals surface area contributed by atoms with Crippen molar-refractivity contribution in [2.45, 2.75) is 43.1 Å². The second-order valence-corrected chi connectivity index (χ2v) is 9.90. The second kappa shape index (κ2) is 9.41. The average Bonchev–Trinajstić information content (AvgIpc) is 3.44. The van der Waals surface area contributed by atoms with Crippen LogP contribution in [0.5, 0.6) is 0 Å². The third-order valence-corrected chi connectivity index (χ3v) is 7.38. The summed E-state index contributed by atoms with van der Waals surface area (Å²) in [4.78, 5) is 48.8. The van der Waals surface area contributed by atoms with E-state index in [1.807, 2.05) is 0 Å². The topological polar surface area (TPSA) is 154 Å². The highest BCUT2D eigenvalue weighted by atomic mass is 35.5. The molecule has 1 unspecified atom stereocenters. The summed E-state index contributed by atoms with van der Waals surface area (Å²) in [5.74, 6) is -0.932. The Balaban J connectivity index is 1.77. The van der Waals surface area contributed by atoms with Crippen molar-refractivity contribution in [3.8, 4) is 0 Å². The Bertz CT molecular complexity index is 1250. The molecular formula is C20H24Cl2N6O4S. The Hall–Kier alpha value is -2.47. The van der Waals surface area contributed by atoms with E-state index in [0.29, 0.717) is 10.0 Å². The molecule has 3 atom stereocenters. The maximum Gasteiger partial charge on any atom is 0.332 e. The lowest BCUT2D eigenvalue weighted by molar-refractivity contribution is -0.122. The molecule has 33 heavy (non-hydrogen) atoms. The quantitative estimate of drug-likeness (QED) is 0.304. The fraction of sp³-hybridized carbons (Fsp3) is 0.400. The molecule has 1 aromatic carbocycles. The molecule has 1 aromatic heterocycles. The van der Waals surface area contributed by atoms with Crippen LogP contribution in [0.25, 0.3) is 0 Å². The van der Waals surface area contributed by atoms with Gasteiger partial charge in [0.05, 0.1) is 21.8 Å². The van der Waals surface area contributed by atoms with Gasteiger partial charge in [0, 0.05) is 13.5 Å². The smallest absolute Gasteiger partial charge is 0.332 e. The van der Waals surface area contributed by atoms with Crippen LogP contribution in [0.15, 0.2) is 27.8 Å². The highest BCUT2D eigenvalue weighted by Crippen LogP contribution is 2.60. The number of carbonyl (C=O) groups excluding carboxylic acids is 2. The molecule has 0 bridgehead atoms. The number of amides is 1. The van der Waals surface area contributed by atoms with Crippen molar-refractivity contribution in [3.63, 3.8) is 0 Å². The summed E-state index contributed by atoms with van der Waals surface area (Å²) in [6.45, 7) is 2.77. The van der Waals surface area contributed by atoms with Crippen LogP contribution in [-0.2, 0) is 23.2 Å². The highest BCUT2D eigenvalue weighted by molar-refractivity contribution is 8.08. The number of Topliss-reactive ketones (excluding diaryl/α,β-unsaturated/α-hetero) is 1. The van der Waals surface area contributed by atoms with Crippen LogP contribution in [0.4, 0.5) is 11.5 Å². The van der Waals surface area contributed by atoms with E-state index in [0.717, 1.165) is 14.7 Å². The van der Waals surface area contributed by atoms with Gasteiger partial charge in [-0.15, -0.1) is 11.8 Å². The van der Waals surface area contributed by atoms with E-state index in [1.165, 1.54) is 25.7 Å². The Morgan fingerprint density at radius 2 is 1.94 bits per heavy atom. The normalized spacial score (nSPS) is 20.2. The van der Waals surface area contributed by atoms with Gasteiger partial charge in [-0.2, -0.15) is 0 Å². The third-order valence-electron chi connectivity index (χ3n) is 5.29. The SMILES string of the molecule is CCC(=O)Cn1c(=O)c(N[C@@H](C)C(=O)NC2(N)S[C@@H]2c2ccc(Cl)c(Cl)c2)c(N)n(C)c1=O. The molecule has 1 amide bonds. The molecule has 0 saturated carbocycles. The zero-order chi connectivity index (χ0) is 24.7. The average molecular weight is 515 g/mol. The predicted octanol–water partition coefficient (Wildman–Crippen LogP) is 1.43. The second-order valence-electron chi connectivity index (χ2n) is 7.71. The van der Waals surface area contributed by atoms with Crippen LogP contribution >= 0.6 is 35.0 Å². The summed E-state index contributed by atoms with van der Waals surface area (Å²) in [5.41, 5.74) is 11.4. The third kappa shape index (κ3) is 5.06. The maximum absolute atomic E-state index is 12.8. The molecule has 2 heterocycles. The standard InChI is InChI=1S/C20H24Cl2N6O4S/c1-4-11(29)8-28-18(31)14(16(23)27(3)19(28)32)25-9(2)17(30)26-20(24)15(33-20)10-5-6-12(21)13(22)7-10/h5-7,9,15,25H,4,8,23-24H2,1-3H3,(H,26,30)/t9-,15+,20?/m0/s1. The van der Waals surface area contributed by atoms with Crippen molar-refractivity contribution in [2.75, 3.05) is 11.1 Å². The minimum absolute atomic E-state index is 0.151. The first kappa shape index (κ1) is 25.2. The molecule has 1 aliphatic heterocycles. The van der Waals surface area contributed by atoms with E-state index < -0.39 is 28.2 Å². The predicted molar refractivity (Wildman–Crippen MR) is 131 cm³/mol. The summed E-state index contributed by atoms with van der Waals surface area (Å²) in [6, 6.07) is 4.19. The van der Waals surface area contributed by atoms with Gasteiger partial charge in [-0.25, -0.2) is 4.79 Å². The Morgan fingerprint density at radius 3 is 2.55 bits per heavy atom. The monoisotopic (exact) mass is 514 g/mol. The molecule has 0 spiro atoms. The number of ketones is 1. The number of rotatable bonds is 8. The van der Waals surface area contributed by atoms with Gasteiger partial charge in [0.15, 0.2) is 10.8 Å². The zero-order valence-electron chi connectivity index (χ0n) is 18.1. The summed E-state index contributed by atoms with van der Waals surface area (Å²) in [5, 5.41) is 6.06. The molecule has 13 heteroatoms. The number of thioether (sulfide) groups is 1. The minimum atomic E-state index is -1.06. The summed E-state index contributed by atoms with van der Waals surface area (Å²) < 4.78 is 1.83. The number of anilines is 2. The van der Waals surface area contributed by atoms with Gasteiger partial charge < -0.3 is 16.4 Å². The highest BCUT2D eigenvalue weighted by Gasteiger charge is 2.55. The van der Waals surface area contributed by atoms with Crippen LogP contribution in [0.1, 0.15) is 31.1 Å². The number of aromatic nitrogens is 2. The fourth-order valence-corrected chi connectivity index (χ4v) is 4.44. The molecule has 0 radical (unpaired) electrons. The van der Waals surface area contributed by atoms with Crippen molar-refractivity contribution < 1.29 is 9.59 Å². The van der Waals surface area contributed by atoms with E-state index in [9.17, 15) is 19.2 Å². The van der Waals surface area contributed by atoms with E-state index in [1.54, 1.807) is 25.1 Å². The number of hydrogen-bond acceptors (Lipinski definition) is 8. The largest absolute Gasteiger partial charge is 0.383 e. The van der Waals surface area contributed by atoms with Gasteiger partial charge in [-0.05, 0) is 24.6 Å². The zero-order valence-corrected chi connectivity index (χ0v) is 20.5. The number of carbonyl (C=O) groups is 2. The summed E-state index contributed by atoms with van der Waals surface area (Å²) in [7, 11) is 1.37. The van der Waals surface area contributed by atoms with Crippen LogP contribution < -0.4 is 33.3 Å². The van der Waals surface area contributed by atoms with Crippen LogP contribution in [0.3, 0.4) is 0 Å². The molecule has 1 saturated heterocycles. The van der Waals surface area contributed by atoms with Crippen molar-refractivity contribution in [1.82, 2.24) is 14.5 Å². The fourth-order valence-electron chi connectivity index (χ4n) is 3.18. The van der Waals surface area contributed by atoms with Crippen molar-refractivity contribution in [1.29, 1.82) is 0 Å². The van der Waals surface area contributed by atoms with E-state index >= 15 is 0 Å². The first-order valence-corrected chi connectivity index (χ1v) is 11.6. The maximum atomic E-state index is 12.8. The molecular weight excluding hydrogens is 491 g/mol. The van der Waals surface area contributed by atoms with Gasteiger partial charge in [-0.1, -0.05) is 36.2 Å². The van der Waals surface area contributed by atoms with Crippen molar-refractivity contribution in [2.24, 2.45) is 12.8 Å². The molecule has 178 valence electrons. The summed E-state index contributed by atoms with van der Waals surface area (Å²) >= 11 is 13.3. The molecule has 10 nitrogen and oxygen atoms in total. The molecule has 3 rings (SSSR count). The molecule has 2 aromatic rings. The lowest BCUT2D eigenvalue weighted by Gasteiger charge is -2.20. The van der Waals surface area contributed by atoms with Crippen molar-refractivity contribution in [3.05, 3.63) is 54.6 Å². The van der Waals surface area contributed by atoms with Crippen LogP contribution in [-0.4, -0.2) is 31.9 Å². The lowest BCUT2D eigenvalue weighted by atomic mass is 10.1. The van der Waals surface area contributed by atoms with Crippen molar-refractivity contribution >= 4 is 58.2 Å². The van der Waals surface area contributed by atoms with Gasteiger partial charge >= 0.3 is 5.69 Å². The van der Waals surface area contributed by atoms with Gasteiger partial charge in [0.2, 0.25) is 5.91 Å². The van der Waals surface area contributed by atoms with Gasteiger partial charge in [-0.3, -0.25) is 29.3 Å². The number of benzene rings is 1. The molecule has 0 aliphatic carbocycles. The first-order chi connectivity index (χ1) is 15.4. The Kier molecular flexibility index (Phi) is 7.18. The Labute approximate surface area is 203 Å². The Morgan fingerprint density at radius 1 is 1.27 bits per heavy atom. The van der Waals surface area contributed by atoms with Gasteiger partial charge in [0.25, 0.3) is 5.56 Å². The van der Waals surface area contributed by atoms with Gasteiger partial charge in [0.1, 0.15) is 17.5 Å². The van der Waals surface area contributed by atoms with E-state index in [2.05, 4.69) is 10.6 Å². The molecule has 6 N–H and O–H groups in total. The lowest BCUT2D eigenvalue weighted by Crippen LogP contribution is -2.51. The number of halogens is 2. The van der Waals surface area contributed by atoms with E-state index in [-0.39, 0.29) is 35.5 Å². The minimum Gasteiger partial charge on any atom is -0.383 e. The first-order valence-electron chi connectivity index (χ1n) is 10.0. The van der Waals surface area contributed by atoms with E-state index in [4.69, 9.17) is 34.7 Å². The number of nitrogen functional groups attached to an aromatic ring is 1. The number of nitrogens with two attached hydrogens (primary N) is 2. The molecule has 1 aliphatic rings. The number of nitrogens with zero attached hydrogens (tertiary/aromatic N) is 2. The van der Waals surface area contributed by atoms with Crippen LogP contribution in [0, 0.1) is 0 Å².